The minimum absolute atomic E-state index is 0.111. The number of carbonyl (C=O) groups excluding carboxylic acids is 1. The Labute approximate surface area is 182 Å². The number of likely N-dealkylation sites (tertiary alicyclic amines) is 1. The fourth-order valence-corrected chi connectivity index (χ4v) is 4.70. The van der Waals surface area contributed by atoms with Crippen molar-refractivity contribution in [1.82, 2.24) is 24.6 Å². The Kier molecular flexibility index (Phi) is 5.42. The van der Waals surface area contributed by atoms with Crippen LogP contribution >= 0.6 is 0 Å². The van der Waals surface area contributed by atoms with Crippen molar-refractivity contribution in [3.8, 4) is 11.4 Å². The predicted octanol–water partition coefficient (Wildman–Crippen LogP) is 2.94. The maximum Gasteiger partial charge on any atom is 0.253 e. The second-order valence-electron chi connectivity index (χ2n) is 8.27. The Hall–Kier alpha value is -3.19. The van der Waals surface area contributed by atoms with Gasteiger partial charge in [0.15, 0.2) is 0 Å². The zero-order valence-electron chi connectivity index (χ0n) is 17.8. The minimum Gasteiger partial charge on any atom is -0.497 e. The van der Waals surface area contributed by atoms with Crippen molar-refractivity contribution < 1.29 is 9.53 Å². The van der Waals surface area contributed by atoms with Gasteiger partial charge in [-0.25, -0.2) is 9.67 Å². The summed E-state index contributed by atoms with van der Waals surface area (Å²) in [5.74, 6) is 1.05. The molecule has 1 aromatic heterocycles. The molecule has 3 heterocycles. The van der Waals surface area contributed by atoms with Gasteiger partial charge in [0.25, 0.3) is 5.91 Å². The quantitative estimate of drug-likeness (QED) is 0.653. The largest absolute Gasteiger partial charge is 0.497 e. The number of methoxy groups -OCH3 is 1. The van der Waals surface area contributed by atoms with Crippen molar-refractivity contribution in [1.29, 1.82) is 0 Å². The predicted molar refractivity (Wildman–Crippen MR) is 117 cm³/mol. The number of rotatable bonds is 4. The first-order valence-corrected chi connectivity index (χ1v) is 10.9. The van der Waals surface area contributed by atoms with Gasteiger partial charge < -0.3 is 9.64 Å². The van der Waals surface area contributed by atoms with E-state index in [1.165, 1.54) is 17.5 Å². The van der Waals surface area contributed by atoms with Crippen LogP contribution in [0.15, 0.2) is 55.1 Å². The standard InChI is InChI=1S/C24H27N5O2/c1-31-23-7-4-20-15-28(11-8-19(20)14-23)21-9-12-27(13-10-21)24(30)18-2-5-22(6-3-18)29-17-25-16-26-29/h2-7,14,16-17,21H,8-13,15H2,1H3. The number of aromatic nitrogens is 3. The van der Waals surface area contributed by atoms with Crippen LogP contribution in [0.1, 0.15) is 34.3 Å². The number of piperidine rings is 1. The summed E-state index contributed by atoms with van der Waals surface area (Å²) in [6.07, 6.45) is 6.25. The molecule has 3 aromatic rings. The van der Waals surface area contributed by atoms with Crippen molar-refractivity contribution in [3.05, 3.63) is 71.8 Å². The third-order valence-corrected chi connectivity index (χ3v) is 6.52. The van der Waals surface area contributed by atoms with Gasteiger partial charge in [0, 0.05) is 37.8 Å². The molecule has 0 atom stereocenters. The van der Waals surface area contributed by atoms with E-state index in [4.69, 9.17) is 4.74 Å². The van der Waals surface area contributed by atoms with Crippen LogP contribution < -0.4 is 4.74 Å². The molecule has 0 spiro atoms. The lowest BCUT2D eigenvalue weighted by Gasteiger charge is -2.40. The molecule has 0 N–H and O–H groups in total. The van der Waals surface area contributed by atoms with Gasteiger partial charge in [-0.15, -0.1) is 0 Å². The molecule has 5 rings (SSSR count). The minimum atomic E-state index is 0.111. The number of hydrogen-bond acceptors (Lipinski definition) is 5. The van der Waals surface area contributed by atoms with Crippen molar-refractivity contribution in [2.75, 3.05) is 26.7 Å². The molecule has 0 bridgehead atoms. The van der Waals surface area contributed by atoms with E-state index in [-0.39, 0.29) is 5.91 Å². The lowest BCUT2D eigenvalue weighted by molar-refractivity contribution is 0.0599. The number of benzene rings is 2. The summed E-state index contributed by atoms with van der Waals surface area (Å²) >= 11 is 0. The smallest absolute Gasteiger partial charge is 0.253 e. The molecule has 0 radical (unpaired) electrons. The normalized spacial score (nSPS) is 17.4. The number of hydrogen-bond donors (Lipinski definition) is 0. The molecule has 1 amide bonds. The van der Waals surface area contributed by atoms with Crippen molar-refractivity contribution >= 4 is 5.91 Å². The zero-order chi connectivity index (χ0) is 21.2. The fraction of sp³-hybridized carbons (Fsp3) is 0.375. The third kappa shape index (κ3) is 4.05. The molecule has 160 valence electrons. The van der Waals surface area contributed by atoms with Gasteiger partial charge in [-0.05, 0) is 66.8 Å². The molecule has 2 aliphatic heterocycles. The van der Waals surface area contributed by atoms with E-state index in [1.807, 2.05) is 29.2 Å². The Bertz CT molecular complexity index is 1040. The number of carbonyl (C=O) groups is 1. The van der Waals surface area contributed by atoms with Crippen molar-refractivity contribution in [2.45, 2.75) is 31.8 Å². The van der Waals surface area contributed by atoms with Gasteiger partial charge in [0.1, 0.15) is 18.4 Å². The van der Waals surface area contributed by atoms with E-state index < -0.39 is 0 Å². The van der Waals surface area contributed by atoms with Crippen LogP contribution in [0.3, 0.4) is 0 Å². The van der Waals surface area contributed by atoms with Crippen molar-refractivity contribution in [3.63, 3.8) is 0 Å². The maximum absolute atomic E-state index is 13.0. The Morgan fingerprint density at radius 3 is 2.55 bits per heavy atom. The topological polar surface area (TPSA) is 63.5 Å². The summed E-state index contributed by atoms with van der Waals surface area (Å²) in [7, 11) is 1.72. The Morgan fingerprint density at radius 1 is 1.03 bits per heavy atom. The van der Waals surface area contributed by atoms with Gasteiger partial charge in [0.05, 0.1) is 12.8 Å². The molecule has 1 fully saturated rings. The maximum atomic E-state index is 13.0. The molecular formula is C24H27N5O2. The first-order chi connectivity index (χ1) is 15.2. The second kappa shape index (κ2) is 8.51. The van der Waals surface area contributed by atoms with E-state index >= 15 is 0 Å². The van der Waals surface area contributed by atoms with E-state index in [9.17, 15) is 4.79 Å². The molecule has 0 unspecified atom stereocenters. The van der Waals surface area contributed by atoms with Crippen LogP contribution in [0.25, 0.3) is 5.69 Å². The number of nitrogens with zero attached hydrogens (tertiary/aromatic N) is 5. The summed E-state index contributed by atoms with van der Waals surface area (Å²) in [6.45, 7) is 3.67. The molecule has 0 saturated carbocycles. The summed E-state index contributed by atoms with van der Waals surface area (Å²) in [6, 6.07) is 14.5. The van der Waals surface area contributed by atoms with Gasteiger partial charge in [0.2, 0.25) is 0 Å². The van der Waals surface area contributed by atoms with Crippen LogP contribution in [0.5, 0.6) is 5.75 Å². The molecule has 1 saturated heterocycles. The highest BCUT2D eigenvalue weighted by Gasteiger charge is 2.29. The van der Waals surface area contributed by atoms with Crippen LogP contribution in [-0.4, -0.2) is 63.3 Å². The number of fused-ring (bicyclic) bond motifs is 1. The van der Waals surface area contributed by atoms with E-state index in [0.717, 1.165) is 62.4 Å². The van der Waals surface area contributed by atoms with E-state index in [0.29, 0.717) is 6.04 Å². The Morgan fingerprint density at radius 2 is 1.84 bits per heavy atom. The molecule has 7 nitrogen and oxygen atoms in total. The summed E-state index contributed by atoms with van der Waals surface area (Å²) < 4.78 is 7.05. The summed E-state index contributed by atoms with van der Waals surface area (Å²) in [5, 5.41) is 4.13. The number of ether oxygens (including phenoxy) is 1. The van der Waals surface area contributed by atoms with Crippen LogP contribution in [0, 0.1) is 0 Å². The molecule has 31 heavy (non-hydrogen) atoms. The zero-order valence-corrected chi connectivity index (χ0v) is 17.8. The monoisotopic (exact) mass is 417 g/mol. The molecule has 2 aromatic carbocycles. The first-order valence-electron chi connectivity index (χ1n) is 10.9. The highest BCUT2D eigenvalue weighted by molar-refractivity contribution is 5.94. The van der Waals surface area contributed by atoms with Crippen LogP contribution in [0.4, 0.5) is 0 Å². The molecule has 2 aliphatic rings. The summed E-state index contributed by atoms with van der Waals surface area (Å²) in [4.78, 5) is 21.5. The van der Waals surface area contributed by atoms with Gasteiger partial charge in [-0.3, -0.25) is 9.69 Å². The lowest BCUT2D eigenvalue weighted by atomic mass is 9.95. The van der Waals surface area contributed by atoms with E-state index in [1.54, 1.807) is 18.1 Å². The highest BCUT2D eigenvalue weighted by atomic mass is 16.5. The van der Waals surface area contributed by atoms with Gasteiger partial charge in [-0.1, -0.05) is 6.07 Å². The molecule has 7 heteroatoms. The summed E-state index contributed by atoms with van der Waals surface area (Å²) in [5.41, 5.74) is 4.43. The molecular weight excluding hydrogens is 390 g/mol. The van der Waals surface area contributed by atoms with Crippen molar-refractivity contribution in [2.24, 2.45) is 0 Å². The lowest BCUT2D eigenvalue weighted by Crippen LogP contribution is -2.48. The first kappa shape index (κ1) is 19.8. The number of amides is 1. The van der Waals surface area contributed by atoms with Gasteiger partial charge >= 0.3 is 0 Å². The van der Waals surface area contributed by atoms with E-state index in [2.05, 4.69) is 33.2 Å². The third-order valence-electron chi connectivity index (χ3n) is 6.52. The highest BCUT2D eigenvalue weighted by Crippen LogP contribution is 2.28. The average molecular weight is 418 g/mol. The van der Waals surface area contributed by atoms with Crippen LogP contribution in [0.2, 0.25) is 0 Å². The fourth-order valence-electron chi connectivity index (χ4n) is 4.70. The van der Waals surface area contributed by atoms with Gasteiger partial charge in [-0.2, -0.15) is 5.10 Å². The second-order valence-corrected chi connectivity index (χ2v) is 8.27. The molecule has 0 aliphatic carbocycles. The Balaban J connectivity index is 1.18. The average Bonchev–Trinajstić information content (AvgIpc) is 3.38. The SMILES string of the molecule is COc1ccc2c(c1)CCN(C1CCN(C(=O)c3ccc(-n4cncn4)cc3)CC1)C2. The van der Waals surface area contributed by atoms with Crippen LogP contribution in [-0.2, 0) is 13.0 Å².